The van der Waals surface area contributed by atoms with Crippen molar-refractivity contribution < 1.29 is 4.79 Å². The molecule has 0 saturated carbocycles. The summed E-state index contributed by atoms with van der Waals surface area (Å²) < 4.78 is 0. The molecule has 0 aliphatic heterocycles. The summed E-state index contributed by atoms with van der Waals surface area (Å²) in [5, 5.41) is 3.86. The van der Waals surface area contributed by atoms with Crippen molar-refractivity contribution in [2.24, 2.45) is 11.7 Å². The maximum Gasteiger partial charge on any atom is 0.248 e. The number of carbonyl (C=O) groups excluding carboxylic acids is 1. The number of rotatable bonds is 4. The molecule has 1 atom stereocenters. The summed E-state index contributed by atoms with van der Waals surface area (Å²) in [6.07, 6.45) is 0. The fourth-order valence-electron chi connectivity index (χ4n) is 1.20. The Bertz CT molecular complexity index is 391. The first-order valence-corrected chi connectivity index (χ1v) is 5.65. The number of nitrogens with two attached hydrogens (primary N) is 1. The molecule has 0 radical (unpaired) electrons. The molecular weight excluding hydrogens is 224 g/mol. The van der Waals surface area contributed by atoms with Gasteiger partial charge in [0.15, 0.2) is 0 Å². The molecule has 4 heteroatoms. The van der Waals surface area contributed by atoms with Crippen molar-refractivity contribution in [1.82, 2.24) is 0 Å². The van der Waals surface area contributed by atoms with Gasteiger partial charge in [-0.25, -0.2) is 0 Å². The molecule has 1 aromatic rings. The van der Waals surface area contributed by atoms with Gasteiger partial charge in [-0.1, -0.05) is 25.4 Å². The van der Waals surface area contributed by atoms with Gasteiger partial charge in [0.1, 0.15) is 0 Å². The number of halogens is 1. The van der Waals surface area contributed by atoms with Gasteiger partial charge in [-0.05, 0) is 31.0 Å². The van der Waals surface area contributed by atoms with Gasteiger partial charge in [-0.2, -0.15) is 0 Å². The Balaban J connectivity index is 2.94. The van der Waals surface area contributed by atoms with Gasteiger partial charge in [0.05, 0.1) is 10.7 Å². The zero-order chi connectivity index (χ0) is 12.3. The third-order valence-corrected chi connectivity index (χ3v) is 2.96. The predicted molar refractivity (Wildman–Crippen MR) is 67.9 cm³/mol. The lowest BCUT2D eigenvalue weighted by atomic mass is 10.1. The summed E-state index contributed by atoms with van der Waals surface area (Å²) in [4.78, 5) is 11.0. The van der Waals surface area contributed by atoms with E-state index in [-0.39, 0.29) is 6.04 Å². The highest BCUT2D eigenvalue weighted by atomic mass is 35.5. The topological polar surface area (TPSA) is 55.1 Å². The van der Waals surface area contributed by atoms with Crippen LogP contribution in [0.5, 0.6) is 0 Å². The van der Waals surface area contributed by atoms with Crippen LogP contribution in [0.3, 0.4) is 0 Å². The minimum Gasteiger partial charge on any atom is -0.381 e. The fourth-order valence-corrected chi connectivity index (χ4v) is 1.37. The largest absolute Gasteiger partial charge is 0.381 e. The Kier molecular flexibility index (Phi) is 4.19. The van der Waals surface area contributed by atoms with Gasteiger partial charge < -0.3 is 11.1 Å². The highest BCUT2D eigenvalue weighted by Gasteiger charge is 2.10. The Morgan fingerprint density at radius 1 is 1.38 bits per heavy atom. The second-order valence-corrected chi connectivity index (χ2v) is 4.64. The molecule has 1 unspecified atom stereocenters. The van der Waals surface area contributed by atoms with Crippen LogP contribution in [0.15, 0.2) is 18.2 Å². The minimum atomic E-state index is -0.447. The van der Waals surface area contributed by atoms with E-state index in [2.05, 4.69) is 26.1 Å². The normalized spacial score (nSPS) is 12.6. The molecule has 0 aliphatic carbocycles. The lowest BCUT2D eigenvalue weighted by Crippen LogP contribution is -2.22. The van der Waals surface area contributed by atoms with Crippen LogP contribution in [0.4, 0.5) is 5.69 Å². The van der Waals surface area contributed by atoms with Gasteiger partial charge in [0, 0.05) is 11.6 Å². The van der Waals surface area contributed by atoms with E-state index >= 15 is 0 Å². The maximum atomic E-state index is 11.0. The molecule has 0 saturated heterocycles. The molecule has 88 valence electrons. The van der Waals surface area contributed by atoms with E-state index in [0.29, 0.717) is 16.5 Å². The standard InChI is InChI=1S/C12H17ClN2O/c1-7(2)8(3)15-11-6-9(12(14)16)4-5-10(11)13/h4-8,15H,1-3H3,(H2,14,16). The van der Waals surface area contributed by atoms with Gasteiger partial charge in [-0.3, -0.25) is 4.79 Å². The predicted octanol–water partition coefficient (Wildman–Crippen LogP) is 2.90. The fraction of sp³-hybridized carbons (Fsp3) is 0.417. The van der Waals surface area contributed by atoms with Gasteiger partial charge in [0.25, 0.3) is 0 Å². The van der Waals surface area contributed by atoms with E-state index in [1.54, 1.807) is 18.2 Å². The van der Waals surface area contributed by atoms with Gasteiger partial charge in [0.2, 0.25) is 5.91 Å². The van der Waals surface area contributed by atoms with Crippen LogP contribution in [0, 0.1) is 5.92 Å². The molecule has 0 spiro atoms. The molecule has 1 aromatic carbocycles. The van der Waals surface area contributed by atoms with E-state index in [1.165, 1.54) is 0 Å². The number of hydrogen-bond acceptors (Lipinski definition) is 2. The van der Waals surface area contributed by atoms with Crippen LogP contribution in [-0.4, -0.2) is 11.9 Å². The van der Waals surface area contributed by atoms with Crippen molar-refractivity contribution in [3.63, 3.8) is 0 Å². The van der Waals surface area contributed by atoms with Crippen molar-refractivity contribution in [3.05, 3.63) is 28.8 Å². The first-order chi connectivity index (χ1) is 7.41. The highest BCUT2D eigenvalue weighted by Crippen LogP contribution is 2.24. The Morgan fingerprint density at radius 2 is 2.00 bits per heavy atom. The average Bonchev–Trinajstić information content (AvgIpc) is 2.20. The molecule has 3 N–H and O–H groups in total. The molecule has 16 heavy (non-hydrogen) atoms. The average molecular weight is 241 g/mol. The molecule has 0 heterocycles. The van der Waals surface area contributed by atoms with Crippen LogP contribution < -0.4 is 11.1 Å². The molecule has 0 bridgehead atoms. The number of carbonyl (C=O) groups is 1. The van der Waals surface area contributed by atoms with Crippen molar-refractivity contribution in [1.29, 1.82) is 0 Å². The third kappa shape index (κ3) is 3.14. The van der Waals surface area contributed by atoms with Crippen molar-refractivity contribution in [3.8, 4) is 0 Å². The number of amides is 1. The summed E-state index contributed by atoms with van der Waals surface area (Å²) in [6, 6.07) is 5.26. The van der Waals surface area contributed by atoms with Gasteiger partial charge >= 0.3 is 0 Å². The molecule has 1 rings (SSSR count). The zero-order valence-corrected chi connectivity index (χ0v) is 10.5. The quantitative estimate of drug-likeness (QED) is 0.850. The lowest BCUT2D eigenvalue weighted by molar-refractivity contribution is 0.100. The van der Waals surface area contributed by atoms with E-state index < -0.39 is 5.91 Å². The Labute approximate surface area is 101 Å². The van der Waals surface area contributed by atoms with E-state index in [0.717, 1.165) is 5.69 Å². The summed E-state index contributed by atoms with van der Waals surface area (Å²) in [5.74, 6) is 0.0326. The third-order valence-electron chi connectivity index (χ3n) is 2.63. The van der Waals surface area contributed by atoms with Crippen molar-refractivity contribution in [2.45, 2.75) is 26.8 Å². The smallest absolute Gasteiger partial charge is 0.248 e. The maximum absolute atomic E-state index is 11.0. The van der Waals surface area contributed by atoms with E-state index in [9.17, 15) is 4.79 Å². The van der Waals surface area contributed by atoms with Crippen molar-refractivity contribution >= 4 is 23.2 Å². The summed E-state index contributed by atoms with van der Waals surface area (Å²) in [6.45, 7) is 6.30. The molecule has 0 aliphatic rings. The molecule has 3 nitrogen and oxygen atoms in total. The molecule has 0 aromatic heterocycles. The molecular formula is C12H17ClN2O. The first kappa shape index (κ1) is 12.8. The Morgan fingerprint density at radius 3 is 2.50 bits per heavy atom. The van der Waals surface area contributed by atoms with Crippen LogP contribution in [0.25, 0.3) is 0 Å². The second-order valence-electron chi connectivity index (χ2n) is 4.24. The summed E-state index contributed by atoms with van der Waals surface area (Å²) >= 11 is 6.04. The van der Waals surface area contributed by atoms with Crippen LogP contribution in [0.2, 0.25) is 5.02 Å². The highest BCUT2D eigenvalue weighted by molar-refractivity contribution is 6.33. The van der Waals surface area contributed by atoms with E-state index in [4.69, 9.17) is 17.3 Å². The number of benzene rings is 1. The Hall–Kier alpha value is -1.22. The number of primary amides is 1. The van der Waals surface area contributed by atoms with E-state index in [1.807, 2.05) is 0 Å². The minimum absolute atomic E-state index is 0.278. The zero-order valence-electron chi connectivity index (χ0n) is 9.75. The SMILES string of the molecule is CC(C)C(C)Nc1cc(C(N)=O)ccc1Cl. The number of anilines is 1. The first-order valence-electron chi connectivity index (χ1n) is 5.27. The number of hydrogen-bond donors (Lipinski definition) is 2. The van der Waals surface area contributed by atoms with Crippen molar-refractivity contribution in [2.75, 3.05) is 5.32 Å². The lowest BCUT2D eigenvalue weighted by Gasteiger charge is -2.20. The summed E-state index contributed by atoms with van der Waals surface area (Å²) in [7, 11) is 0. The number of nitrogens with one attached hydrogen (secondary N) is 1. The molecule has 1 amide bonds. The second kappa shape index (κ2) is 5.21. The van der Waals surface area contributed by atoms with Crippen LogP contribution >= 0.6 is 11.6 Å². The molecule has 0 fully saturated rings. The van der Waals surface area contributed by atoms with Crippen LogP contribution in [-0.2, 0) is 0 Å². The van der Waals surface area contributed by atoms with Crippen LogP contribution in [0.1, 0.15) is 31.1 Å². The van der Waals surface area contributed by atoms with Gasteiger partial charge in [-0.15, -0.1) is 0 Å². The summed E-state index contributed by atoms with van der Waals surface area (Å²) in [5.41, 5.74) is 6.42. The monoisotopic (exact) mass is 240 g/mol.